The fraction of sp³-hybridized carbons (Fsp3) is 0. The van der Waals surface area contributed by atoms with E-state index in [-0.39, 0.29) is 17.0 Å². The molecule has 4 N–H and O–H groups in total. The van der Waals surface area contributed by atoms with Gasteiger partial charge in [0.15, 0.2) is 0 Å². The number of amides is 2. The fourth-order valence-corrected chi connectivity index (χ4v) is 1.80. The molecule has 108 valence electrons. The van der Waals surface area contributed by atoms with E-state index in [4.69, 9.17) is 16.7 Å². The van der Waals surface area contributed by atoms with Crippen LogP contribution in [0.25, 0.3) is 0 Å². The van der Waals surface area contributed by atoms with Crippen molar-refractivity contribution in [2.24, 2.45) is 0 Å². The van der Waals surface area contributed by atoms with Crippen LogP contribution in [0.2, 0.25) is 5.02 Å². The Hall–Kier alpha value is -2.73. The van der Waals surface area contributed by atoms with Gasteiger partial charge in [-0.25, -0.2) is 9.59 Å². The molecule has 0 aromatic heterocycles. The van der Waals surface area contributed by atoms with Gasteiger partial charge in [-0.05, 0) is 36.4 Å². The number of carbonyl (C=O) groups excluding carboxylic acids is 1. The van der Waals surface area contributed by atoms with Gasteiger partial charge in [-0.1, -0.05) is 17.7 Å². The average molecular weight is 307 g/mol. The van der Waals surface area contributed by atoms with E-state index in [0.29, 0.717) is 10.7 Å². The number of urea groups is 1. The van der Waals surface area contributed by atoms with Gasteiger partial charge < -0.3 is 20.8 Å². The molecule has 0 radical (unpaired) electrons. The second-order valence-corrected chi connectivity index (χ2v) is 4.56. The number of phenols is 1. The lowest BCUT2D eigenvalue weighted by molar-refractivity contribution is 0.0697. The highest BCUT2D eigenvalue weighted by Crippen LogP contribution is 2.26. The van der Waals surface area contributed by atoms with Gasteiger partial charge in [-0.15, -0.1) is 0 Å². The molecule has 0 heterocycles. The van der Waals surface area contributed by atoms with Gasteiger partial charge in [0.05, 0.1) is 11.3 Å². The first-order valence-electron chi connectivity index (χ1n) is 5.85. The van der Waals surface area contributed by atoms with Crippen LogP contribution < -0.4 is 10.6 Å². The van der Waals surface area contributed by atoms with Crippen LogP contribution in [0, 0.1) is 0 Å². The minimum atomic E-state index is -1.09. The van der Waals surface area contributed by atoms with Crippen molar-refractivity contribution < 1.29 is 19.8 Å². The average Bonchev–Trinajstić information content (AvgIpc) is 2.43. The molecular formula is C14H11ClN2O4. The molecule has 2 aromatic carbocycles. The van der Waals surface area contributed by atoms with Crippen LogP contribution in [0.5, 0.6) is 5.75 Å². The normalized spacial score (nSPS) is 9.95. The SMILES string of the molecule is O=C(Nc1cccc(C(=O)O)c1)Nc1cc(Cl)ccc1O. The lowest BCUT2D eigenvalue weighted by Gasteiger charge is -2.09. The molecule has 0 saturated heterocycles. The molecule has 2 rings (SSSR count). The van der Waals surface area contributed by atoms with E-state index in [2.05, 4.69) is 10.6 Å². The highest BCUT2D eigenvalue weighted by atomic mass is 35.5. The summed E-state index contributed by atoms with van der Waals surface area (Å²) in [7, 11) is 0. The molecule has 2 amide bonds. The third-order valence-electron chi connectivity index (χ3n) is 2.57. The first-order valence-corrected chi connectivity index (χ1v) is 6.23. The Morgan fingerprint density at radius 2 is 1.81 bits per heavy atom. The summed E-state index contributed by atoms with van der Waals surface area (Å²) >= 11 is 5.77. The van der Waals surface area contributed by atoms with E-state index >= 15 is 0 Å². The minimum absolute atomic E-state index is 0.0541. The molecule has 2 aromatic rings. The smallest absolute Gasteiger partial charge is 0.335 e. The lowest BCUT2D eigenvalue weighted by Crippen LogP contribution is -2.19. The zero-order valence-corrected chi connectivity index (χ0v) is 11.4. The fourth-order valence-electron chi connectivity index (χ4n) is 1.62. The Bertz CT molecular complexity index is 703. The molecule has 0 aliphatic carbocycles. The topological polar surface area (TPSA) is 98.7 Å². The number of halogens is 1. The van der Waals surface area contributed by atoms with E-state index < -0.39 is 12.0 Å². The number of carbonyl (C=O) groups is 2. The molecule has 0 unspecified atom stereocenters. The first kappa shape index (κ1) is 14.7. The zero-order chi connectivity index (χ0) is 15.4. The summed E-state index contributed by atoms with van der Waals surface area (Å²) in [5, 5.41) is 23.7. The Kier molecular flexibility index (Phi) is 4.30. The van der Waals surface area contributed by atoms with Crippen molar-refractivity contribution >= 4 is 35.0 Å². The molecule has 0 spiro atoms. The van der Waals surface area contributed by atoms with Gasteiger partial charge in [-0.3, -0.25) is 0 Å². The van der Waals surface area contributed by atoms with Gasteiger partial charge in [-0.2, -0.15) is 0 Å². The third kappa shape index (κ3) is 3.87. The maximum atomic E-state index is 11.8. The van der Waals surface area contributed by atoms with Crippen molar-refractivity contribution in [3.8, 4) is 5.75 Å². The number of aromatic hydroxyl groups is 1. The number of aromatic carboxylic acids is 1. The minimum Gasteiger partial charge on any atom is -0.506 e. The highest BCUT2D eigenvalue weighted by Gasteiger charge is 2.09. The Labute approximate surface area is 125 Å². The quantitative estimate of drug-likeness (QED) is 0.653. The number of phenolic OH excluding ortho intramolecular Hbond substituents is 1. The van der Waals surface area contributed by atoms with Crippen molar-refractivity contribution in [3.05, 3.63) is 53.1 Å². The number of hydrogen-bond donors (Lipinski definition) is 4. The summed E-state index contributed by atoms with van der Waals surface area (Å²) in [5.41, 5.74) is 0.515. The summed E-state index contributed by atoms with van der Waals surface area (Å²) in [5.74, 6) is -1.22. The monoisotopic (exact) mass is 306 g/mol. The molecule has 0 aliphatic rings. The van der Waals surface area contributed by atoms with Crippen molar-refractivity contribution in [2.75, 3.05) is 10.6 Å². The molecule has 6 nitrogen and oxygen atoms in total. The zero-order valence-electron chi connectivity index (χ0n) is 10.6. The maximum Gasteiger partial charge on any atom is 0.335 e. The summed E-state index contributed by atoms with van der Waals surface area (Å²) in [4.78, 5) is 22.6. The maximum absolute atomic E-state index is 11.8. The first-order chi connectivity index (χ1) is 9.95. The van der Waals surface area contributed by atoms with E-state index in [0.717, 1.165) is 0 Å². The van der Waals surface area contributed by atoms with Crippen LogP contribution in [-0.4, -0.2) is 22.2 Å². The molecular weight excluding hydrogens is 296 g/mol. The molecule has 0 fully saturated rings. The number of carboxylic acid groups (broad SMARTS) is 1. The Balaban J connectivity index is 2.10. The van der Waals surface area contributed by atoms with Gasteiger partial charge in [0.25, 0.3) is 0 Å². The summed E-state index contributed by atoms with van der Waals surface area (Å²) in [6.07, 6.45) is 0. The van der Waals surface area contributed by atoms with Crippen molar-refractivity contribution in [3.63, 3.8) is 0 Å². The largest absolute Gasteiger partial charge is 0.506 e. The number of benzene rings is 2. The van der Waals surface area contributed by atoms with Crippen molar-refractivity contribution in [1.29, 1.82) is 0 Å². The van der Waals surface area contributed by atoms with Crippen LogP contribution in [0.3, 0.4) is 0 Å². The number of anilines is 2. The van der Waals surface area contributed by atoms with Crippen molar-refractivity contribution in [2.45, 2.75) is 0 Å². The van der Waals surface area contributed by atoms with E-state index in [9.17, 15) is 14.7 Å². The third-order valence-corrected chi connectivity index (χ3v) is 2.81. The van der Waals surface area contributed by atoms with Gasteiger partial charge in [0.2, 0.25) is 0 Å². The standard InChI is InChI=1S/C14H11ClN2O4/c15-9-4-5-12(18)11(7-9)17-14(21)16-10-3-1-2-8(6-10)13(19)20/h1-7,18H,(H,19,20)(H2,16,17,21). The summed E-state index contributed by atoms with van der Waals surface area (Å²) in [6, 6.07) is 9.38. The molecule has 0 aliphatic heterocycles. The second-order valence-electron chi connectivity index (χ2n) is 4.13. The van der Waals surface area contributed by atoms with Crippen LogP contribution in [-0.2, 0) is 0 Å². The molecule has 21 heavy (non-hydrogen) atoms. The van der Waals surface area contributed by atoms with Crippen LogP contribution in [0.4, 0.5) is 16.2 Å². The summed E-state index contributed by atoms with van der Waals surface area (Å²) in [6.45, 7) is 0. The van der Waals surface area contributed by atoms with Crippen LogP contribution in [0.15, 0.2) is 42.5 Å². The molecule has 0 bridgehead atoms. The van der Waals surface area contributed by atoms with Crippen LogP contribution in [0.1, 0.15) is 10.4 Å². The second kappa shape index (κ2) is 6.15. The highest BCUT2D eigenvalue weighted by molar-refractivity contribution is 6.31. The Morgan fingerprint density at radius 1 is 1.05 bits per heavy atom. The van der Waals surface area contributed by atoms with Gasteiger partial charge in [0, 0.05) is 10.7 Å². The predicted molar refractivity (Wildman–Crippen MR) is 79.2 cm³/mol. The molecule has 7 heteroatoms. The van der Waals surface area contributed by atoms with E-state index in [1.807, 2.05) is 0 Å². The number of rotatable bonds is 3. The predicted octanol–water partition coefficient (Wildman–Crippen LogP) is 3.39. The van der Waals surface area contributed by atoms with Gasteiger partial charge in [0.1, 0.15) is 5.75 Å². The molecule has 0 saturated carbocycles. The number of hydrogen-bond acceptors (Lipinski definition) is 3. The number of carboxylic acids is 1. The lowest BCUT2D eigenvalue weighted by atomic mass is 10.2. The van der Waals surface area contributed by atoms with Gasteiger partial charge >= 0.3 is 12.0 Å². The van der Waals surface area contributed by atoms with Crippen LogP contribution >= 0.6 is 11.6 Å². The van der Waals surface area contributed by atoms with Crippen molar-refractivity contribution in [1.82, 2.24) is 0 Å². The van der Waals surface area contributed by atoms with E-state index in [1.165, 1.54) is 36.4 Å². The summed E-state index contributed by atoms with van der Waals surface area (Å²) < 4.78 is 0. The number of nitrogens with one attached hydrogen (secondary N) is 2. The Morgan fingerprint density at radius 3 is 2.52 bits per heavy atom. The van der Waals surface area contributed by atoms with E-state index in [1.54, 1.807) is 6.07 Å². The molecule has 0 atom stereocenters.